The van der Waals surface area contributed by atoms with E-state index in [2.05, 4.69) is 10.6 Å². The molecule has 3 fully saturated rings. The van der Waals surface area contributed by atoms with Gasteiger partial charge in [-0.3, -0.25) is 9.59 Å². The minimum Gasteiger partial charge on any atom is -0.427 e. The number of hydrogen-bond acceptors (Lipinski definition) is 5. The zero-order valence-electron chi connectivity index (χ0n) is 21.7. The van der Waals surface area contributed by atoms with Crippen LogP contribution in [0.3, 0.4) is 0 Å². The molecule has 3 atom stereocenters. The molecule has 0 bridgehead atoms. The number of carbonyl (C=O) groups excluding carboxylic acids is 4. The molecule has 4 aliphatic rings. The molecule has 5 rings (SSSR count). The number of amides is 5. The number of nitrogens with one attached hydrogen (secondary N) is 2. The normalized spacial score (nSPS) is 28.1. The fourth-order valence-electron chi connectivity index (χ4n) is 6.57. The maximum Gasteiger partial charge on any atom is 0.418 e. The number of urea groups is 1. The number of rotatable bonds is 4. The first kappa shape index (κ1) is 28.1. The number of anilines is 1. The van der Waals surface area contributed by atoms with E-state index in [0.29, 0.717) is 33.0 Å². The smallest absolute Gasteiger partial charge is 0.418 e. The molecule has 1 aromatic rings. The number of aryl methyl sites for hydroxylation is 1. The van der Waals surface area contributed by atoms with Gasteiger partial charge in [-0.05, 0) is 55.7 Å². The van der Waals surface area contributed by atoms with E-state index in [-0.39, 0.29) is 32.1 Å². The van der Waals surface area contributed by atoms with Crippen LogP contribution in [0.25, 0.3) is 0 Å². The Morgan fingerprint density at radius 2 is 1.77 bits per heavy atom. The molecule has 1 spiro atoms. The van der Waals surface area contributed by atoms with Crippen molar-refractivity contribution in [1.82, 2.24) is 15.1 Å². The van der Waals surface area contributed by atoms with Gasteiger partial charge in [0.15, 0.2) is 0 Å². The molecule has 218 valence electrons. The van der Waals surface area contributed by atoms with E-state index in [1.54, 1.807) is 6.07 Å². The van der Waals surface area contributed by atoms with Crippen molar-refractivity contribution in [2.75, 3.05) is 18.9 Å². The first-order valence-corrected chi connectivity index (χ1v) is 13.2. The number of hydrogen-bond donors (Lipinski definition) is 2. The molecule has 40 heavy (non-hydrogen) atoms. The summed E-state index contributed by atoms with van der Waals surface area (Å²) in [5.74, 6) is -5.35. The highest BCUT2D eigenvalue weighted by Gasteiger charge is 2.60. The molecule has 2 heterocycles. The van der Waals surface area contributed by atoms with Crippen LogP contribution in [-0.4, -0.2) is 71.5 Å². The Kier molecular flexibility index (Phi) is 6.94. The summed E-state index contributed by atoms with van der Waals surface area (Å²) in [7, 11) is 1.44. The van der Waals surface area contributed by atoms with Crippen LogP contribution in [0.4, 0.5) is 37.2 Å². The van der Waals surface area contributed by atoms with Crippen molar-refractivity contribution in [3.63, 3.8) is 0 Å². The molecule has 1 aromatic carbocycles. The summed E-state index contributed by atoms with van der Waals surface area (Å²) in [5.41, 5.74) is -0.272. The molecule has 0 radical (unpaired) electrons. The standard InChI is InChI=1S/C26H29F5N4O5/c1-32-22(38)33-16-2-3-17-15(12-16)8-11-25(17)21(37)34(23(39)40-25)13-20(36)35-18(4-5-19(35)26(29,30)31)14-6-9-24(27,28)10-7-14/h2-3,12,14,18-19H,4-11,13H2,1H3,(H2,32,33,38)/t18-,19+,25?/m0/s1. The average Bonchev–Trinajstić information content (AvgIpc) is 3.55. The van der Waals surface area contributed by atoms with E-state index < -0.39 is 79.0 Å². The highest BCUT2D eigenvalue weighted by atomic mass is 19.4. The Bertz CT molecular complexity index is 1230. The van der Waals surface area contributed by atoms with E-state index in [0.717, 1.165) is 0 Å². The third-order valence-corrected chi connectivity index (χ3v) is 8.54. The number of carbonyl (C=O) groups is 4. The summed E-state index contributed by atoms with van der Waals surface area (Å²) in [6.07, 6.45) is -6.88. The van der Waals surface area contributed by atoms with Gasteiger partial charge in [-0.25, -0.2) is 23.3 Å². The summed E-state index contributed by atoms with van der Waals surface area (Å²) < 4.78 is 74.7. The third kappa shape index (κ3) is 4.85. The van der Waals surface area contributed by atoms with Crippen LogP contribution >= 0.6 is 0 Å². The number of alkyl halides is 5. The second-order valence-corrected chi connectivity index (χ2v) is 10.9. The Morgan fingerprint density at radius 1 is 1.07 bits per heavy atom. The van der Waals surface area contributed by atoms with Crippen molar-refractivity contribution in [3.05, 3.63) is 29.3 Å². The maximum absolute atomic E-state index is 13.9. The van der Waals surface area contributed by atoms with E-state index in [4.69, 9.17) is 4.74 Å². The van der Waals surface area contributed by atoms with Crippen LogP contribution in [0.2, 0.25) is 0 Å². The van der Waals surface area contributed by atoms with Crippen LogP contribution in [0.1, 0.15) is 56.1 Å². The van der Waals surface area contributed by atoms with Crippen molar-refractivity contribution in [2.24, 2.45) is 5.92 Å². The van der Waals surface area contributed by atoms with Crippen molar-refractivity contribution >= 4 is 29.6 Å². The summed E-state index contributed by atoms with van der Waals surface area (Å²) >= 11 is 0. The molecular formula is C26H29F5N4O5. The molecule has 2 N–H and O–H groups in total. The van der Waals surface area contributed by atoms with Crippen LogP contribution in [-0.2, 0) is 26.3 Å². The fourth-order valence-corrected chi connectivity index (χ4v) is 6.57. The largest absolute Gasteiger partial charge is 0.427 e. The summed E-state index contributed by atoms with van der Waals surface area (Å²) in [6, 6.07) is 1.17. The van der Waals surface area contributed by atoms with Gasteiger partial charge >= 0.3 is 18.3 Å². The predicted molar refractivity (Wildman–Crippen MR) is 129 cm³/mol. The van der Waals surface area contributed by atoms with Gasteiger partial charge in [0.05, 0.1) is 0 Å². The van der Waals surface area contributed by atoms with E-state index >= 15 is 0 Å². The quantitative estimate of drug-likeness (QED) is 0.523. The Hall–Kier alpha value is -3.45. The average molecular weight is 573 g/mol. The molecule has 14 heteroatoms. The first-order valence-electron chi connectivity index (χ1n) is 13.2. The van der Waals surface area contributed by atoms with Crippen LogP contribution in [0.5, 0.6) is 0 Å². The first-order chi connectivity index (χ1) is 18.8. The fraction of sp³-hybridized carbons (Fsp3) is 0.615. The SMILES string of the molecule is CNC(=O)Nc1ccc2c(c1)CCC21OC(=O)N(CC(=O)N2[C@H](C3CCC(F)(F)CC3)CC[C@@H]2C(F)(F)F)C1=O. The zero-order chi connectivity index (χ0) is 29.0. The maximum atomic E-state index is 13.9. The van der Waals surface area contributed by atoms with Crippen molar-refractivity contribution in [1.29, 1.82) is 0 Å². The Morgan fingerprint density at radius 3 is 2.42 bits per heavy atom. The van der Waals surface area contributed by atoms with Gasteiger partial charge < -0.3 is 20.3 Å². The minimum atomic E-state index is -4.76. The molecule has 0 aromatic heterocycles. The number of likely N-dealkylation sites (tertiary alicyclic amines) is 1. The molecule has 1 saturated carbocycles. The van der Waals surface area contributed by atoms with Crippen LogP contribution in [0.15, 0.2) is 18.2 Å². The van der Waals surface area contributed by atoms with Crippen molar-refractivity contribution in [3.8, 4) is 0 Å². The minimum absolute atomic E-state index is 0.00567. The van der Waals surface area contributed by atoms with Gasteiger partial charge in [-0.15, -0.1) is 0 Å². The number of nitrogens with zero attached hydrogens (tertiary/aromatic N) is 2. The number of imide groups is 1. The lowest BCUT2D eigenvalue weighted by atomic mass is 9.81. The van der Waals surface area contributed by atoms with Gasteiger partial charge in [0.1, 0.15) is 12.6 Å². The Labute approximate surface area is 226 Å². The van der Waals surface area contributed by atoms with Crippen LogP contribution < -0.4 is 10.6 Å². The van der Waals surface area contributed by atoms with Gasteiger partial charge in [-0.1, -0.05) is 6.07 Å². The van der Waals surface area contributed by atoms with Crippen molar-refractivity contribution < 1.29 is 45.9 Å². The molecule has 5 amide bonds. The molecule has 2 aliphatic carbocycles. The van der Waals surface area contributed by atoms with Gasteiger partial charge in [0.25, 0.3) is 5.91 Å². The third-order valence-electron chi connectivity index (χ3n) is 8.54. The summed E-state index contributed by atoms with van der Waals surface area (Å²) in [4.78, 5) is 52.6. The highest BCUT2D eigenvalue weighted by Crippen LogP contribution is 2.47. The molecule has 1 unspecified atom stereocenters. The second kappa shape index (κ2) is 9.88. The number of benzene rings is 1. The van der Waals surface area contributed by atoms with E-state index in [1.165, 1.54) is 19.2 Å². The summed E-state index contributed by atoms with van der Waals surface area (Å²) in [6.45, 7) is -0.947. The van der Waals surface area contributed by atoms with Crippen LogP contribution in [0, 0.1) is 5.92 Å². The lowest BCUT2D eigenvalue weighted by molar-refractivity contribution is -0.188. The number of halogens is 5. The lowest BCUT2D eigenvalue weighted by Gasteiger charge is -2.39. The molecule has 9 nitrogen and oxygen atoms in total. The highest BCUT2D eigenvalue weighted by molar-refractivity contribution is 6.06. The van der Waals surface area contributed by atoms with Gasteiger partial charge in [0.2, 0.25) is 17.4 Å². The molecule has 2 aliphatic heterocycles. The zero-order valence-corrected chi connectivity index (χ0v) is 21.7. The lowest BCUT2D eigenvalue weighted by Crippen LogP contribution is -2.54. The molecule has 2 saturated heterocycles. The monoisotopic (exact) mass is 572 g/mol. The van der Waals surface area contributed by atoms with E-state index in [9.17, 15) is 41.1 Å². The molecular weight excluding hydrogens is 543 g/mol. The van der Waals surface area contributed by atoms with Gasteiger partial charge in [0, 0.05) is 43.6 Å². The Balaban J connectivity index is 1.36. The number of fused-ring (bicyclic) bond motifs is 2. The predicted octanol–water partition coefficient (Wildman–Crippen LogP) is 4.31. The van der Waals surface area contributed by atoms with E-state index in [1.807, 2.05) is 0 Å². The van der Waals surface area contributed by atoms with Gasteiger partial charge in [-0.2, -0.15) is 13.2 Å². The second-order valence-electron chi connectivity index (χ2n) is 10.9. The summed E-state index contributed by atoms with van der Waals surface area (Å²) in [5, 5.41) is 5.01. The number of ether oxygens (including phenoxy) is 1. The van der Waals surface area contributed by atoms with Crippen molar-refractivity contribution in [2.45, 2.75) is 81.2 Å². The topological polar surface area (TPSA) is 108 Å².